The molecule has 0 aliphatic heterocycles. The highest BCUT2D eigenvalue weighted by Crippen LogP contribution is 2.14. The Morgan fingerprint density at radius 2 is 1.90 bits per heavy atom. The van der Waals surface area contributed by atoms with Gasteiger partial charge in [0.25, 0.3) is 0 Å². The van der Waals surface area contributed by atoms with Crippen molar-refractivity contribution in [2.75, 3.05) is 19.8 Å². The fourth-order valence-electron chi connectivity index (χ4n) is 1.19. The minimum Gasteiger partial charge on any atom is -0.596 e. The summed E-state index contributed by atoms with van der Waals surface area (Å²) in [5, 5.41) is 0. The molecule has 0 aliphatic rings. The molecule has 0 amide bonds. The van der Waals surface area contributed by atoms with E-state index in [1.807, 2.05) is 4.13 Å². The zero-order valence-corrected chi connectivity index (χ0v) is 14.9. The normalized spacial score (nSPS) is 13.9. The van der Waals surface area contributed by atoms with Gasteiger partial charge >= 0.3 is 10.3 Å². The van der Waals surface area contributed by atoms with Crippen LogP contribution in [0.4, 0.5) is 0 Å². The molecule has 0 aliphatic carbocycles. The van der Waals surface area contributed by atoms with Crippen LogP contribution in [0.1, 0.15) is 41.0 Å². The Hall–Kier alpha value is -0.300. The third kappa shape index (κ3) is 10.1. The van der Waals surface area contributed by atoms with E-state index < -0.39 is 26.4 Å². The van der Waals surface area contributed by atoms with Crippen LogP contribution in [0.15, 0.2) is 0 Å². The lowest BCUT2D eigenvalue weighted by molar-refractivity contribution is 0.0941. The molecule has 21 heavy (non-hydrogen) atoms. The Labute approximate surface area is 131 Å². The second kappa shape index (κ2) is 9.66. The molecule has 0 aromatic carbocycles. The fourth-order valence-corrected chi connectivity index (χ4v) is 3.44. The SMILES string of the molecule is CC#CC(C)(C)[S+]([O-])NS(=O)(=O)OCCOCCC(C)C. The van der Waals surface area contributed by atoms with E-state index in [0.717, 1.165) is 6.42 Å². The maximum absolute atomic E-state index is 11.9. The lowest BCUT2D eigenvalue weighted by Gasteiger charge is -2.21. The number of hydrogen-bond donors (Lipinski definition) is 1. The number of rotatable bonds is 10. The van der Waals surface area contributed by atoms with Gasteiger partial charge in [-0.25, -0.2) is 0 Å². The second-order valence-electron chi connectivity index (χ2n) is 5.31. The minimum absolute atomic E-state index is 0.121. The first-order valence-corrected chi connectivity index (χ1v) is 9.27. The van der Waals surface area contributed by atoms with Crippen LogP contribution in [0.2, 0.25) is 0 Å². The summed E-state index contributed by atoms with van der Waals surface area (Å²) in [7, 11) is -4.08. The van der Waals surface area contributed by atoms with Crippen molar-refractivity contribution in [2.24, 2.45) is 5.92 Å². The van der Waals surface area contributed by atoms with Gasteiger partial charge in [-0.05, 0) is 43.2 Å². The van der Waals surface area contributed by atoms with Gasteiger partial charge in [-0.1, -0.05) is 13.8 Å². The van der Waals surface area contributed by atoms with Crippen LogP contribution in [-0.2, 0) is 30.6 Å². The van der Waals surface area contributed by atoms with Gasteiger partial charge in [0.05, 0.1) is 24.6 Å². The Bertz CT molecular complexity index is 451. The van der Waals surface area contributed by atoms with Crippen molar-refractivity contribution in [3.63, 3.8) is 0 Å². The van der Waals surface area contributed by atoms with Crippen LogP contribution in [-0.4, -0.2) is 37.5 Å². The second-order valence-corrected chi connectivity index (χ2v) is 8.68. The molecule has 0 aromatic rings. The molecule has 1 unspecified atom stereocenters. The van der Waals surface area contributed by atoms with E-state index in [-0.39, 0.29) is 13.2 Å². The van der Waals surface area contributed by atoms with Crippen LogP contribution < -0.4 is 4.13 Å². The van der Waals surface area contributed by atoms with Crippen molar-refractivity contribution in [1.29, 1.82) is 0 Å². The van der Waals surface area contributed by atoms with Crippen LogP contribution in [0.25, 0.3) is 0 Å². The summed E-state index contributed by atoms with van der Waals surface area (Å²) in [6, 6.07) is 0. The van der Waals surface area contributed by atoms with E-state index in [1.54, 1.807) is 20.8 Å². The monoisotopic (exact) mass is 339 g/mol. The van der Waals surface area contributed by atoms with Crippen molar-refractivity contribution >= 4 is 21.7 Å². The van der Waals surface area contributed by atoms with Gasteiger partial charge in [-0.15, -0.1) is 5.92 Å². The summed E-state index contributed by atoms with van der Waals surface area (Å²) in [5.41, 5.74) is 0. The van der Waals surface area contributed by atoms with Crippen molar-refractivity contribution in [3.8, 4) is 11.8 Å². The summed E-state index contributed by atoms with van der Waals surface area (Å²) in [6.07, 6.45) is 0.902. The topological polar surface area (TPSA) is 87.7 Å². The Morgan fingerprint density at radius 1 is 1.29 bits per heavy atom. The van der Waals surface area contributed by atoms with Gasteiger partial charge in [0.2, 0.25) is 0 Å². The molecular formula is C13H25NO5S2. The van der Waals surface area contributed by atoms with Crippen LogP contribution in [0.3, 0.4) is 0 Å². The van der Waals surface area contributed by atoms with Gasteiger partial charge in [-0.3, -0.25) is 4.18 Å². The largest absolute Gasteiger partial charge is 0.596 e. The molecule has 0 fully saturated rings. The molecule has 1 atom stereocenters. The molecule has 0 rings (SSSR count). The van der Waals surface area contributed by atoms with Crippen LogP contribution >= 0.6 is 0 Å². The molecule has 0 saturated carbocycles. The van der Waals surface area contributed by atoms with E-state index in [4.69, 9.17) is 4.74 Å². The number of hydrogen-bond acceptors (Lipinski definition) is 5. The van der Waals surface area contributed by atoms with Crippen LogP contribution in [0, 0.1) is 17.8 Å². The molecule has 0 bridgehead atoms. The highest BCUT2D eigenvalue weighted by Gasteiger charge is 2.34. The average molecular weight is 339 g/mol. The third-order valence-corrected chi connectivity index (χ3v) is 5.30. The van der Waals surface area contributed by atoms with E-state index in [1.165, 1.54) is 0 Å². The quantitative estimate of drug-likeness (QED) is 0.369. The molecule has 1 N–H and O–H groups in total. The molecule has 0 spiro atoms. The van der Waals surface area contributed by atoms with E-state index in [2.05, 4.69) is 29.9 Å². The highest BCUT2D eigenvalue weighted by atomic mass is 32.3. The average Bonchev–Trinajstić information content (AvgIpc) is 2.32. The van der Waals surface area contributed by atoms with Gasteiger partial charge in [0.1, 0.15) is 0 Å². The van der Waals surface area contributed by atoms with Crippen molar-refractivity contribution in [1.82, 2.24) is 4.13 Å². The molecule has 0 heterocycles. The lowest BCUT2D eigenvalue weighted by atomic mass is 10.1. The standard InChI is InChI=1S/C13H25NO5S2/c1-6-8-13(4,5)20(15)14-21(16,17)19-11-10-18-9-7-12(2)3/h12,14H,7,9-11H2,1-5H3. The first-order chi connectivity index (χ1) is 9.60. The summed E-state index contributed by atoms with van der Waals surface area (Å²) in [6.45, 7) is 9.50. The van der Waals surface area contributed by atoms with E-state index >= 15 is 0 Å². The van der Waals surface area contributed by atoms with Gasteiger partial charge in [-0.2, -0.15) is 8.42 Å². The van der Waals surface area contributed by atoms with Crippen molar-refractivity contribution in [3.05, 3.63) is 0 Å². The first-order valence-electron chi connectivity index (χ1n) is 6.71. The maximum atomic E-state index is 11.9. The molecule has 6 nitrogen and oxygen atoms in total. The van der Waals surface area contributed by atoms with Gasteiger partial charge in [0.15, 0.2) is 4.75 Å². The Balaban J connectivity index is 4.12. The summed E-state index contributed by atoms with van der Waals surface area (Å²) < 4.78 is 46.0. The molecule has 0 saturated heterocycles. The van der Waals surface area contributed by atoms with E-state index in [9.17, 15) is 13.0 Å². The molecule has 0 radical (unpaired) electrons. The summed E-state index contributed by atoms with van der Waals surface area (Å²) in [5.74, 6) is 5.82. The zero-order valence-electron chi connectivity index (χ0n) is 13.3. The van der Waals surface area contributed by atoms with E-state index in [0.29, 0.717) is 12.5 Å². The predicted molar refractivity (Wildman–Crippen MR) is 84.0 cm³/mol. The zero-order chi connectivity index (χ0) is 16.5. The first kappa shape index (κ1) is 20.7. The van der Waals surface area contributed by atoms with Crippen molar-refractivity contribution in [2.45, 2.75) is 45.8 Å². The molecule has 8 heteroatoms. The smallest absolute Gasteiger partial charge is 0.375 e. The molecule has 124 valence electrons. The molecule has 0 aromatic heterocycles. The van der Waals surface area contributed by atoms with Gasteiger partial charge < -0.3 is 9.29 Å². The third-order valence-electron chi connectivity index (χ3n) is 2.37. The summed E-state index contributed by atoms with van der Waals surface area (Å²) >= 11 is -1.89. The fraction of sp³-hybridized carbons (Fsp3) is 0.846. The van der Waals surface area contributed by atoms with Crippen molar-refractivity contribution < 1.29 is 21.9 Å². The highest BCUT2D eigenvalue weighted by molar-refractivity contribution is 8.03. The number of nitrogens with one attached hydrogen (secondary N) is 1. The predicted octanol–water partition coefficient (Wildman–Crippen LogP) is 1.37. The Morgan fingerprint density at radius 3 is 2.43 bits per heavy atom. The summed E-state index contributed by atoms with van der Waals surface area (Å²) in [4.78, 5) is 0. The lowest BCUT2D eigenvalue weighted by Crippen LogP contribution is -2.44. The Kier molecular flexibility index (Phi) is 9.53. The van der Waals surface area contributed by atoms with Gasteiger partial charge in [0, 0.05) is 6.61 Å². The maximum Gasteiger partial charge on any atom is 0.375 e. The van der Waals surface area contributed by atoms with Crippen LogP contribution in [0.5, 0.6) is 0 Å². The number of ether oxygens (including phenoxy) is 1. The minimum atomic E-state index is -4.08. The molecular weight excluding hydrogens is 314 g/mol.